The number of carbonyl (C=O) groups is 1. The summed E-state index contributed by atoms with van der Waals surface area (Å²) < 4.78 is 1.59. The first-order chi connectivity index (χ1) is 12.5. The summed E-state index contributed by atoms with van der Waals surface area (Å²) in [6.07, 6.45) is 2.60. The van der Waals surface area contributed by atoms with Crippen molar-refractivity contribution in [2.75, 3.05) is 5.32 Å². The highest BCUT2D eigenvalue weighted by atomic mass is 16.3. The standard InChI is InChI=1S/C18H18N6O2/c19-8-11-1-3-13(4-2-11)22-18-15(17(21)26)10-24(23-18)16-6-5-14(25)7-12(16)9-20/h1-4,10,12,14,16,25H,5-7H2,(H2,21,26)(H,22,23)/t12-,14-,16+/m1/s1. The second-order valence-electron chi connectivity index (χ2n) is 6.32. The molecule has 3 atom stereocenters. The fourth-order valence-corrected chi connectivity index (χ4v) is 3.19. The van der Waals surface area contributed by atoms with Crippen LogP contribution in [0.4, 0.5) is 11.5 Å². The van der Waals surface area contributed by atoms with Gasteiger partial charge < -0.3 is 16.2 Å². The predicted molar refractivity (Wildman–Crippen MR) is 93.2 cm³/mol. The quantitative estimate of drug-likeness (QED) is 0.768. The number of nitriles is 2. The van der Waals surface area contributed by atoms with Gasteiger partial charge in [0.05, 0.1) is 35.8 Å². The fourth-order valence-electron chi connectivity index (χ4n) is 3.19. The van der Waals surface area contributed by atoms with Gasteiger partial charge in [-0.25, -0.2) is 0 Å². The van der Waals surface area contributed by atoms with Crippen LogP contribution in [0.3, 0.4) is 0 Å². The predicted octanol–water partition coefficient (Wildman–Crippen LogP) is 1.82. The van der Waals surface area contributed by atoms with Gasteiger partial charge >= 0.3 is 0 Å². The molecule has 1 amide bonds. The van der Waals surface area contributed by atoms with Crippen LogP contribution in [0.1, 0.15) is 41.2 Å². The Morgan fingerprint density at radius 1 is 1.31 bits per heavy atom. The zero-order chi connectivity index (χ0) is 18.7. The van der Waals surface area contributed by atoms with Gasteiger partial charge in [0.15, 0.2) is 5.82 Å². The van der Waals surface area contributed by atoms with Gasteiger partial charge in [-0.15, -0.1) is 0 Å². The number of amides is 1. The average molecular weight is 350 g/mol. The highest BCUT2D eigenvalue weighted by Crippen LogP contribution is 2.34. The van der Waals surface area contributed by atoms with E-state index >= 15 is 0 Å². The molecule has 0 spiro atoms. The van der Waals surface area contributed by atoms with Gasteiger partial charge in [0, 0.05) is 11.9 Å². The zero-order valence-electron chi connectivity index (χ0n) is 14.0. The van der Waals surface area contributed by atoms with Gasteiger partial charge in [-0.3, -0.25) is 9.48 Å². The molecule has 8 nitrogen and oxygen atoms in total. The van der Waals surface area contributed by atoms with Gasteiger partial charge in [0.25, 0.3) is 5.91 Å². The van der Waals surface area contributed by atoms with E-state index in [1.165, 1.54) is 0 Å². The van der Waals surface area contributed by atoms with Gasteiger partial charge in [-0.2, -0.15) is 15.6 Å². The number of carbonyl (C=O) groups excluding carboxylic acids is 1. The van der Waals surface area contributed by atoms with Crippen LogP contribution in [0.25, 0.3) is 0 Å². The summed E-state index contributed by atoms with van der Waals surface area (Å²) in [6.45, 7) is 0. The molecular weight excluding hydrogens is 332 g/mol. The molecule has 8 heteroatoms. The molecule has 3 rings (SSSR count). The minimum Gasteiger partial charge on any atom is -0.393 e. The number of hydrogen-bond donors (Lipinski definition) is 3. The maximum Gasteiger partial charge on any atom is 0.254 e. The van der Waals surface area contributed by atoms with Crippen molar-refractivity contribution < 1.29 is 9.90 Å². The number of rotatable bonds is 4. The number of nitrogens with zero attached hydrogens (tertiary/aromatic N) is 4. The number of primary amides is 1. The summed E-state index contributed by atoms with van der Waals surface area (Å²) in [5, 5.41) is 35.5. The third kappa shape index (κ3) is 3.51. The number of anilines is 2. The second-order valence-corrected chi connectivity index (χ2v) is 6.32. The number of nitrogens with two attached hydrogens (primary N) is 1. The molecule has 132 valence electrons. The van der Waals surface area contributed by atoms with E-state index in [1.54, 1.807) is 35.1 Å². The molecule has 1 saturated carbocycles. The molecule has 1 heterocycles. The first kappa shape index (κ1) is 17.5. The largest absolute Gasteiger partial charge is 0.393 e. The van der Waals surface area contributed by atoms with E-state index in [0.717, 1.165) is 0 Å². The molecule has 0 bridgehead atoms. The summed E-state index contributed by atoms with van der Waals surface area (Å²) in [5.74, 6) is -0.719. The molecule has 0 radical (unpaired) electrons. The molecule has 4 N–H and O–H groups in total. The maximum absolute atomic E-state index is 11.8. The SMILES string of the molecule is N#Cc1ccc(Nc2nn([C@H]3CC[C@@H](O)C[C@@H]3C#N)cc2C(N)=O)cc1. The zero-order valence-corrected chi connectivity index (χ0v) is 14.0. The highest BCUT2D eigenvalue weighted by molar-refractivity contribution is 5.98. The molecule has 26 heavy (non-hydrogen) atoms. The van der Waals surface area contributed by atoms with E-state index in [1.807, 2.05) is 6.07 Å². The van der Waals surface area contributed by atoms with E-state index in [2.05, 4.69) is 16.5 Å². The lowest BCUT2D eigenvalue weighted by atomic mass is 9.84. The second kappa shape index (κ2) is 7.26. The number of benzene rings is 1. The van der Waals surface area contributed by atoms with E-state index in [9.17, 15) is 15.2 Å². The van der Waals surface area contributed by atoms with Crippen LogP contribution in [0.5, 0.6) is 0 Å². The van der Waals surface area contributed by atoms with Gasteiger partial charge in [-0.1, -0.05) is 0 Å². The van der Waals surface area contributed by atoms with Crippen LogP contribution in [-0.2, 0) is 0 Å². The highest BCUT2D eigenvalue weighted by Gasteiger charge is 2.32. The van der Waals surface area contributed by atoms with Crippen molar-refractivity contribution in [3.63, 3.8) is 0 Å². The van der Waals surface area contributed by atoms with Crippen molar-refractivity contribution in [3.05, 3.63) is 41.6 Å². The molecule has 2 aromatic rings. The van der Waals surface area contributed by atoms with Crippen molar-refractivity contribution in [2.45, 2.75) is 31.4 Å². The number of aromatic nitrogens is 2. The van der Waals surface area contributed by atoms with Gasteiger partial charge in [-0.05, 0) is 43.5 Å². The summed E-state index contributed by atoms with van der Waals surface area (Å²) >= 11 is 0. The Hall–Kier alpha value is -3.36. The Balaban J connectivity index is 1.90. The Morgan fingerprint density at radius 3 is 2.65 bits per heavy atom. The molecule has 0 aliphatic heterocycles. The molecule has 0 saturated heterocycles. The minimum absolute atomic E-state index is 0.220. The molecular formula is C18H18N6O2. The molecule has 1 fully saturated rings. The number of nitrogens with one attached hydrogen (secondary N) is 1. The van der Waals surface area contributed by atoms with Crippen molar-refractivity contribution >= 4 is 17.4 Å². The molecule has 1 aliphatic rings. The topological polar surface area (TPSA) is 141 Å². The summed E-state index contributed by atoms with van der Waals surface area (Å²) in [6, 6.07) is 10.7. The molecule has 1 aromatic heterocycles. The number of hydrogen-bond acceptors (Lipinski definition) is 6. The van der Waals surface area contributed by atoms with Crippen LogP contribution in [-0.4, -0.2) is 26.9 Å². The lowest BCUT2D eigenvalue weighted by Crippen LogP contribution is -2.29. The Morgan fingerprint density at radius 2 is 2.04 bits per heavy atom. The van der Waals surface area contributed by atoms with Crippen molar-refractivity contribution in [1.29, 1.82) is 10.5 Å². The van der Waals surface area contributed by atoms with Gasteiger partial charge in [0.2, 0.25) is 0 Å². The average Bonchev–Trinajstić information content (AvgIpc) is 3.06. The van der Waals surface area contributed by atoms with Crippen molar-refractivity contribution in [1.82, 2.24) is 9.78 Å². The number of aliphatic hydroxyl groups excluding tert-OH is 1. The first-order valence-electron chi connectivity index (χ1n) is 8.25. The summed E-state index contributed by atoms with van der Waals surface area (Å²) in [7, 11) is 0. The molecule has 0 unspecified atom stereocenters. The monoisotopic (exact) mass is 350 g/mol. The van der Waals surface area contributed by atoms with E-state index in [0.29, 0.717) is 36.3 Å². The molecule has 1 aromatic carbocycles. The molecule has 1 aliphatic carbocycles. The third-order valence-electron chi connectivity index (χ3n) is 4.57. The number of aliphatic hydroxyl groups is 1. The Kier molecular flexibility index (Phi) is 4.87. The van der Waals surface area contributed by atoms with Crippen LogP contribution in [0, 0.1) is 28.6 Å². The normalized spacial score (nSPS) is 22.2. The van der Waals surface area contributed by atoms with E-state index in [4.69, 9.17) is 11.0 Å². The van der Waals surface area contributed by atoms with Crippen molar-refractivity contribution in [3.8, 4) is 12.1 Å². The smallest absolute Gasteiger partial charge is 0.254 e. The summed E-state index contributed by atoms with van der Waals surface area (Å²) in [5.41, 5.74) is 6.87. The van der Waals surface area contributed by atoms with E-state index < -0.39 is 12.0 Å². The first-order valence-corrected chi connectivity index (χ1v) is 8.25. The van der Waals surface area contributed by atoms with E-state index in [-0.39, 0.29) is 17.5 Å². The van der Waals surface area contributed by atoms with Crippen LogP contribution in [0.15, 0.2) is 30.5 Å². The third-order valence-corrected chi connectivity index (χ3v) is 4.57. The van der Waals surface area contributed by atoms with Crippen LogP contribution < -0.4 is 11.1 Å². The van der Waals surface area contributed by atoms with Crippen LogP contribution >= 0.6 is 0 Å². The van der Waals surface area contributed by atoms with Gasteiger partial charge in [0.1, 0.15) is 5.56 Å². The summed E-state index contributed by atoms with van der Waals surface area (Å²) in [4.78, 5) is 11.8. The lowest BCUT2D eigenvalue weighted by Gasteiger charge is -2.30. The maximum atomic E-state index is 11.8. The lowest BCUT2D eigenvalue weighted by molar-refractivity contribution is 0.0861. The van der Waals surface area contributed by atoms with Crippen molar-refractivity contribution in [2.24, 2.45) is 11.7 Å². The minimum atomic E-state index is -0.628. The Labute approximate surface area is 150 Å². The Bertz CT molecular complexity index is 890. The fraction of sp³-hybridized carbons (Fsp3) is 0.333. The van der Waals surface area contributed by atoms with Crippen LogP contribution in [0.2, 0.25) is 0 Å².